The predicted octanol–water partition coefficient (Wildman–Crippen LogP) is -0.469. The molecule has 9 heteroatoms. The SMILES string of the molecule is CCn1cc(S(=O)(=O)NCC(C)S(C)=O)c(N)n1. The maximum atomic E-state index is 12.0. The summed E-state index contributed by atoms with van der Waals surface area (Å²) in [5, 5.41) is 3.61. The lowest BCUT2D eigenvalue weighted by Gasteiger charge is -2.09. The van der Waals surface area contributed by atoms with Crippen LogP contribution in [0.25, 0.3) is 0 Å². The Labute approximate surface area is 109 Å². The summed E-state index contributed by atoms with van der Waals surface area (Å²) < 4.78 is 38.9. The van der Waals surface area contributed by atoms with Crippen LogP contribution in [0.15, 0.2) is 11.1 Å². The number of nitrogens with two attached hydrogens (primary N) is 1. The largest absolute Gasteiger partial charge is 0.381 e. The normalized spacial score (nSPS) is 15.5. The molecule has 18 heavy (non-hydrogen) atoms. The Morgan fingerprint density at radius 3 is 2.67 bits per heavy atom. The maximum absolute atomic E-state index is 12.0. The van der Waals surface area contributed by atoms with Gasteiger partial charge in [-0.25, -0.2) is 13.1 Å². The van der Waals surface area contributed by atoms with Crippen molar-refractivity contribution < 1.29 is 12.6 Å². The molecule has 0 aliphatic heterocycles. The third-order valence-corrected chi connectivity index (χ3v) is 5.24. The van der Waals surface area contributed by atoms with Crippen molar-refractivity contribution in [1.29, 1.82) is 0 Å². The van der Waals surface area contributed by atoms with E-state index in [-0.39, 0.29) is 22.5 Å². The minimum Gasteiger partial charge on any atom is -0.381 e. The summed E-state index contributed by atoms with van der Waals surface area (Å²) >= 11 is 0. The van der Waals surface area contributed by atoms with Crippen LogP contribution in [-0.2, 0) is 27.4 Å². The highest BCUT2D eigenvalue weighted by atomic mass is 32.2. The van der Waals surface area contributed by atoms with E-state index in [0.717, 1.165) is 0 Å². The van der Waals surface area contributed by atoms with Crippen LogP contribution in [0.2, 0.25) is 0 Å². The number of sulfonamides is 1. The zero-order valence-electron chi connectivity index (χ0n) is 10.6. The molecule has 1 rings (SSSR count). The Morgan fingerprint density at radius 1 is 1.61 bits per heavy atom. The molecule has 1 aromatic heterocycles. The number of aryl methyl sites for hydroxylation is 1. The molecular weight excluding hydrogens is 276 g/mol. The number of aromatic nitrogens is 2. The molecule has 104 valence electrons. The van der Waals surface area contributed by atoms with Gasteiger partial charge in [0.15, 0.2) is 5.82 Å². The fourth-order valence-corrected chi connectivity index (χ4v) is 2.83. The van der Waals surface area contributed by atoms with E-state index in [2.05, 4.69) is 9.82 Å². The van der Waals surface area contributed by atoms with Gasteiger partial charge in [0, 0.05) is 41.6 Å². The Morgan fingerprint density at radius 2 is 2.22 bits per heavy atom. The first-order valence-corrected chi connectivity index (χ1v) is 8.53. The number of nitrogens with zero attached hydrogens (tertiary/aromatic N) is 2. The standard InChI is InChI=1S/C9H18N4O3S2/c1-4-13-6-8(9(10)12-13)18(15,16)11-5-7(2)17(3)14/h6-7,11H,4-5H2,1-3H3,(H2,10,12). The molecule has 0 spiro atoms. The molecule has 2 atom stereocenters. The predicted molar refractivity (Wildman–Crippen MR) is 71.0 cm³/mol. The van der Waals surface area contributed by atoms with Gasteiger partial charge in [-0.3, -0.25) is 8.89 Å². The number of rotatable bonds is 6. The summed E-state index contributed by atoms with van der Waals surface area (Å²) in [6, 6.07) is 0. The lowest BCUT2D eigenvalue weighted by Crippen LogP contribution is -2.32. The van der Waals surface area contributed by atoms with E-state index in [4.69, 9.17) is 5.73 Å². The molecule has 0 amide bonds. The number of hydrogen-bond donors (Lipinski definition) is 2. The Kier molecular flexibility index (Phi) is 4.88. The number of hydrogen-bond acceptors (Lipinski definition) is 5. The van der Waals surface area contributed by atoms with Gasteiger partial charge >= 0.3 is 0 Å². The van der Waals surface area contributed by atoms with Crippen molar-refractivity contribution in [3.8, 4) is 0 Å². The van der Waals surface area contributed by atoms with E-state index in [0.29, 0.717) is 6.54 Å². The molecule has 0 aromatic carbocycles. The Bertz CT molecular complexity index is 538. The summed E-state index contributed by atoms with van der Waals surface area (Å²) in [5.41, 5.74) is 5.56. The van der Waals surface area contributed by atoms with Crippen molar-refractivity contribution in [2.24, 2.45) is 0 Å². The average Bonchev–Trinajstić information content (AvgIpc) is 2.68. The maximum Gasteiger partial charge on any atom is 0.245 e. The smallest absolute Gasteiger partial charge is 0.245 e. The molecule has 1 aromatic rings. The lowest BCUT2D eigenvalue weighted by atomic mass is 10.5. The van der Waals surface area contributed by atoms with E-state index in [1.807, 2.05) is 6.92 Å². The summed E-state index contributed by atoms with van der Waals surface area (Å²) in [5.74, 6) is -0.0328. The minimum absolute atomic E-state index is 0.0328. The van der Waals surface area contributed by atoms with Crippen LogP contribution in [0.5, 0.6) is 0 Å². The van der Waals surface area contributed by atoms with Gasteiger partial charge in [-0.2, -0.15) is 5.10 Å². The molecule has 0 radical (unpaired) electrons. The van der Waals surface area contributed by atoms with Gasteiger partial charge in [0.05, 0.1) is 0 Å². The molecule has 2 unspecified atom stereocenters. The quantitative estimate of drug-likeness (QED) is 0.737. The summed E-state index contributed by atoms with van der Waals surface area (Å²) in [4.78, 5) is -0.0431. The lowest BCUT2D eigenvalue weighted by molar-refractivity contribution is 0.580. The van der Waals surface area contributed by atoms with Crippen molar-refractivity contribution in [2.45, 2.75) is 30.5 Å². The van der Waals surface area contributed by atoms with Gasteiger partial charge in [-0.1, -0.05) is 0 Å². The van der Waals surface area contributed by atoms with E-state index in [1.54, 1.807) is 6.92 Å². The second-order valence-electron chi connectivity index (χ2n) is 3.90. The van der Waals surface area contributed by atoms with E-state index in [1.165, 1.54) is 17.1 Å². The van der Waals surface area contributed by atoms with E-state index >= 15 is 0 Å². The summed E-state index contributed by atoms with van der Waals surface area (Å²) in [6.07, 6.45) is 2.91. The minimum atomic E-state index is -3.70. The Balaban J connectivity index is 2.86. The van der Waals surface area contributed by atoms with Crippen LogP contribution >= 0.6 is 0 Å². The molecular formula is C9H18N4O3S2. The third kappa shape index (κ3) is 3.53. The van der Waals surface area contributed by atoms with Crippen LogP contribution in [0.4, 0.5) is 5.82 Å². The monoisotopic (exact) mass is 294 g/mol. The van der Waals surface area contributed by atoms with Gasteiger partial charge in [0.2, 0.25) is 10.0 Å². The van der Waals surface area contributed by atoms with Gasteiger partial charge < -0.3 is 5.73 Å². The van der Waals surface area contributed by atoms with Crippen LogP contribution in [0.3, 0.4) is 0 Å². The molecule has 3 N–H and O–H groups in total. The van der Waals surface area contributed by atoms with Gasteiger partial charge in [-0.15, -0.1) is 0 Å². The van der Waals surface area contributed by atoms with Crippen molar-refractivity contribution in [2.75, 3.05) is 18.5 Å². The highest BCUT2D eigenvalue weighted by molar-refractivity contribution is 7.89. The van der Waals surface area contributed by atoms with Crippen LogP contribution in [0.1, 0.15) is 13.8 Å². The Hall–Kier alpha value is -0.930. The number of nitrogens with one attached hydrogen (secondary N) is 1. The molecule has 0 bridgehead atoms. The highest BCUT2D eigenvalue weighted by Gasteiger charge is 2.21. The average molecular weight is 294 g/mol. The topological polar surface area (TPSA) is 107 Å². The second kappa shape index (κ2) is 5.81. The van der Waals surface area contributed by atoms with Crippen molar-refractivity contribution in [1.82, 2.24) is 14.5 Å². The van der Waals surface area contributed by atoms with Gasteiger partial charge in [-0.05, 0) is 13.8 Å². The van der Waals surface area contributed by atoms with E-state index in [9.17, 15) is 12.6 Å². The molecule has 0 aliphatic carbocycles. The van der Waals surface area contributed by atoms with Crippen molar-refractivity contribution in [3.63, 3.8) is 0 Å². The van der Waals surface area contributed by atoms with Crippen molar-refractivity contribution in [3.05, 3.63) is 6.20 Å². The fourth-order valence-electron chi connectivity index (χ4n) is 1.21. The van der Waals surface area contributed by atoms with Crippen LogP contribution < -0.4 is 10.5 Å². The number of nitrogen functional groups attached to an aromatic ring is 1. The van der Waals surface area contributed by atoms with Crippen LogP contribution in [-0.4, -0.2) is 40.5 Å². The van der Waals surface area contributed by atoms with Gasteiger partial charge in [0.1, 0.15) is 4.90 Å². The fraction of sp³-hybridized carbons (Fsp3) is 0.667. The molecule has 0 fully saturated rings. The second-order valence-corrected chi connectivity index (χ2v) is 7.43. The third-order valence-electron chi connectivity index (χ3n) is 2.50. The molecule has 0 aliphatic rings. The van der Waals surface area contributed by atoms with Crippen molar-refractivity contribution >= 4 is 26.6 Å². The highest BCUT2D eigenvalue weighted by Crippen LogP contribution is 2.15. The van der Waals surface area contributed by atoms with Crippen LogP contribution in [0, 0.1) is 0 Å². The molecule has 7 nitrogen and oxygen atoms in total. The van der Waals surface area contributed by atoms with E-state index < -0.39 is 20.8 Å². The first kappa shape index (κ1) is 15.1. The molecule has 1 heterocycles. The number of anilines is 1. The summed E-state index contributed by atoms with van der Waals surface area (Å²) in [7, 11) is -4.78. The molecule has 0 saturated heterocycles. The first-order chi connectivity index (χ1) is 8.27. The molecule has 0 saturated carbocycles. The first-order valence-electron chi connectivity index (χ1n) is 5.42. The zero-order valence-corrected chi connectivity index (χ0v) is 12.2. The van der Waals surface area contributed by atoms with Gasteiger partial charge in [0.25, 0.3) is 0 Å². The summed E-state index contributed by atoms with van der Waals surface area (Å²) in [6.45, 7) is 4.17. The zero-order chi connectivity index (χ0) is 13.9.